The Labute approximate surface area is 151 Å². The number of benzene rings is 3. The Hall–Kier alpha value is -3.42. The molecule has 0 saturated carbocycles. The molecule has 3 aromatic rings. The number of nitriles is 1. The third-order valence-electron chi connectivity index (χ3n) is 4.02. The van der Waals surface area contributed by atoms with Gasteiger partial charge in [-0.3, -0.25) is 0 Å². The van der Waals surface area contributed by atoms with Gasteiger partial charge in [-0.15, -0.1) is 0 Å². The molecule has 3 aromatic carbocycles. The Balaban J connectivity index is 1.77. The average molecular weight is 343 g/mol. The van der Waals surface area contributed by atoms with Crippen LogP contribution in [0.1, 0.15) is 22.8 Å². The molecule has 3 rings (SSSR count). The zero-order valence-electron chi connectivity index (χ0n) is 14.0. The molecule has 0 amide bonds. The zero-order valence-corrected chi connectivity index (χ0v) is 14.0. The van der Waals surface area contributed by atoms with Crippen LogP contribution in [0, 0.1) is 11.3 Å². The van der Waals surface area contributed by atoms with Crippen molar-refractivity contribution in [3.8, 4) is 17.2 Å². The minimum absolute atomic E-state index is 0.0702. The molecule has 0 aromatic heterocycles. The van der Waals surface area contributed by atoms with Crippen LogP contribution >= 0.6 is 0 Å². The van der Waals surface area contributed by atoms with Crippen LogP contribution in [0.5, 0.6) is 0 Å². The highest BCUT2D eigenvalue weighted by Gasteiger charge is 2.22. The standard InChI is InChI=1S/C22H17NO3/c23-14-19-13-18(17-9-5-2-6-10-17)11-12-20(19)21(24)22(25)26-15-16-7-3-1-4-8-16/h1-13,21,24H,15H2. The lowest BCUT2D eigenvalue weighted by Crippen LogP contribution is -2.16. The fraction of sp³-hybridized carbons (Fsp3) is 0.0909. The van der Waals surface area contributed by atoms with Crippen LogP contribution in [0.2, 0.25) is 0 Å². The quantitative estimate of drug-likeness (QED) is 0.711. The van der Waals surface area contributed by atoms with E-state index >= 15 is 0 Å². The molecule has 0 saturated heterocycles. The second-order valence-electron chi connectivity index (χ2n) is 5.78. The fourth-order valence-electron chi connectivity index (χ4n) is 2.64. The smallest absolute Gasteiger partial charge is 0.340 e. The van der Waals surface area contributed by atoms with E-state index in [0.29, 0.717) is 0 Å². The summed E-state index contributed by atoms with van der Waals surface area (Å²) in [7, 11) is 0. The number of ether oxygens (including phenoxy) is 1. The summed E-state index contributed by atoms with van der Waals surface area (Å²) in [5.74, 6) is -0.780. The molecule has 0 bridgehead atoms. The molecule has 0 aliphatic carbocycles. The SMILES string of the molecule is N#Cc1cc(-c2ccccc2)ccc1C(O)C(=O)OCc1ccccc1. The molecule has 4 nitrogen and oxygen atoms in total. The first-order chi connectivity index (χ1) is 12.7. The second-order valence-corrected chi connectivity index (χ2v) is 5.78. The Morgan fingerprint density at radius 3 is 2.27 bits per heavy atom. The zero-order chi connectivity index (χ0) is 18.4. The maximum atomic E-state index is 12.2. The van der Waals surface area contributed by atoms with Gasteiger partial charge in [-0.2, -0.15) is 5.26 Å². The largest absolute Gasteiger partial charge is 0.459 e. The van der Waals surface area contributed by atoms with E-state index in [9.17, 15) is 15.2 Å². The molecule has 1 unspecified atom stereocenters. The fourth-order valence-corrected chi connectivity index (χ4v) is 2.64. The van der Waals surface area contributed by atoms with Crippen molar-refractivity contribution >= 4 is 5.97 Å². The third-order valence-corrected chi connectivity index (χ3v) is 4.02. The first kappa shape index (κ1) is 17.4. The minimum Gasteiger partial charge on any atom is -0.459 e. The highest BCUT2D eigenvalue weighted by atomic mass is 16.5. The van der Waals surface area contributed by atoms with Crippen LogP contribution in [0.15, 0.2) is 78.9 Å². The summed E-state index contributed by atoms with van der Waals surface area (Å²) in [5, 5.41) is 19.7. The number of hydrogen-bond acceptors (Lipinski definition) is 4. The maximum Gasteiger partial charge on any atom is 0.340 e. The third kappa shape index (κ3) is 3.97. The van der Waals surface area contributed by atoms with Crippen LogP contribution in [0.3, 0.4) is 0 Å². The summed E-state index contributed by atoms with van der Waals surface area (Å²) in [4.78, 5) is 12.2. The first-order valence-electron chi connectivity index (χ1n) is 8.17. The topological polar surface area (TPSA) is 70.3 Å². The van der Waals surface area contributed by atoms with Gasteiger partial charge in [-0.25, -0.2) is 4.79 Å². The van der Waals surface area contributed by atoms with Gasteiger partial charge >= 0.3 is 5.97 Å². The normalized spacial score (nSPS) is 11.4. The number of nitrogens with zero attached hydrogens (tertiary/aromatic N) is 1. The molecule has 0 spiro atoms. The van der Waals surface area contributed by atoms with Crippen molar-refractivity contribution in [3.63, 3.8) is 0 Å². The van der Waals surface area contributed by atoms with E-state index in [0.717, 1.165) is 16.7 Å². The summed E-state index contributed by atoms with van der Waals surface area (Å²) in [6, 6.07) is 25.9. The number of carbonyl (C=O) groups excluding carboxylic acids is 1. The lowest BCUT2D eigenvalue weighted by molar-refractivity contribution is -0.155. The number of carbonyl (C=O) groups is 1. The lowest BCUT2D eigenvalue weighted by Gasteiger charge is -2.13. The molecule has 0 radical (unpaired) electrons. The van der Waals surface area contributed by atoms with Crippen LogP contribution in [-0.2, 0) is 16.1 Å². The van der Waals surface area contributed by atoms with E-state index in [1.807, 2.05) is 66.7 Å². The van der Waals surface area contributed by atoms with Gasteiger partial charge in [0.25, 0.3) is 0 Å². The van der Waals surface area contributed by atoms with Gasteiger partial charge in [-0.1, -0.05) is 72.8 Å². The van der Waals surface area contributed by atoms with Crippen molar-refractivity contribution in [3.05, 3.63) is 95.6 Å². The highest BCUT2D eigenvalue weighted by Crippen LogP contribution is 2.26. The van der Waals surface area contributed by atoms with Crippen molar-refractivity contribution < 1.29 is 14.6 Å². The molecule has 1 atom stereocenters. The van der Waals surface area contributed by atoms with Crippen molar-refractivity contribution in [1.82, 2.24) is 0 Å². The van der Waals surface area contributed by atoms with Crippen LogP contribution in [-0.4, -0.2) is 11.1 Å². The Morgan fingerprint density at radius 1 is 0.962 bits per heavy atom. The van der Waals surface area contributed by atoms with Crippen molar-refractivity contribution in [2.24, 2.45) is 0 Å². The van der Waals surface area contributed by atoms with Gasteiger partial charge in [0, 0.05) is 5.56 Å². The molecular formula is C22H17NO3. The molecule has 1 N–H and O–H groups in total. The van der Waals surface area contributed by atoms with Crippen LogP contribution in [0.4, 0.5) is 0 Å². The Kier molecular flexibility index (Phi) is 5.43. The molecule has 0 aliphatic heterocycles. The van der Waals surface area contributed by atoms with Crippen LogP contribution in [0.25, 0.3) is 11.1 Å². The summed E-state index contributed by atoms with van der Waals surface area (Å²) >= 11 is 0. The number of aliphatic hydroxyl groups is 1. The van der Waals surface area contributed by atoms with Gasteiger partial charge in [0.2, 0.25) is 0 Å². The molecule has 0 aliphatic rings. The number of aliphatic hydroxyl groups excluding tert-OH is 1. The minimum atomic E-state index is -1.50. The lowest BCUT2D eigenvalue weighted by atomic mass is 9.97. The number of hydrogen-bond donors (Lipinski definition) is 1. The van der Waals surface area contributed by atoms with Crippen molar-refractivity contribution in [2.75, 3.05) is 0 Å². The summed E-state index contributed by atoms with van der Waals surface area (Å²) in [6.07, 6.45) is -1.50. The van der Waals surface area contributed by atoms with E-state index in [2.05, 4.69) is 0 Å². The average Bonchev–Trinajstić information content (AvgIpc) is 2.72. The number of rotatable bonds is 5. The van der Waals surface area contributed by atoms with Crippen molar-refractivity contribution in [2.45, 2.75) is 12.7 Å². The maximum absolute atomic E-state index is 12.2. The van der Waals surface area contributed by atoms with E-state index in [-0.39, 0.29) is 17.7 Å². The van der Waals surface area contributed by atoms with Gasteiger partial charge in [-0.05, 0) is 22.8 Å². The van der Waals surface area contributed by atoms with Gasteiger partial charge < -0.3 is 9.84 Å². The predicted octanol–water partition coefficient (Wildman–Crippen LogP) is 4.00. The highest BCUT2D eigenvalue weighted by molar-refractivity contribution is 5.78. The number of esters is 1. The second kappa shape index (κ2) is 8.11. The van der Waals surface area contributed by atoms with E-state index in [1.54, 1.807) is 18.2 Å². The summed E-state index contributed by atoms with van der Waals surface area (Å²) in [6.45, 7) is 0.0702. The van der Waals surface area contributed by atoms with Crippen molar-refractivity contribution in [1.29, 1.82) is 5.26 Å². The van der Waals surface area contributed by atoms with E-state index in [1.165, 1.54) is 0 Å². The summed E-state index contributed by atoms with van der Waals surface area (Å²) < 4.78 is 5.16. The molecule has 26 heavy (non-hydrogen) atoms. The van der Waals surface area contributed by atoms with E-state index in [4.69, 9.17) is 4.74 Å². The monoisotopic (exact) mass is 343 g/mol. The summed E-state index contributed by atoms with van der Waals surface area (Å²) in [5.41, 5.74) is 3.11. The molecule has 0 fully saturated rings. The van der Waals surface area contributed by atoms with Crippen LogP contribution < -0.4 is 0 Å². The Bertz CT molecular complexity index is 931. The first-order valence-corrected chi connectivity index (χ1v) is 8.17. The predicted molar refractivity (Wildman–Crippen MR) is 97.8 cm³/mol. The van der Waals surface area contributed by atoms with E-state index < -0.39 is 12.1 Å². The molecule has 0 heterocycles. The molecule has 128 valence electrons. The molecular weight excluding hydrogens is 326 g/mol. The van der Waals surface area contributed by atoms with Gasteiger partial charge in [0.15, 0.2) is 6.10 Å². The molecule has 4 heteroatoms. The Morgan fingerprint density at radius 2 is 1.62 bits per heavy atom. The van der Waals surface area contributed by atoms with Gasteiger partial charge in [0.05, 0.1) is 11.6 Å². The van der Waals surface area contributed by atoms with Gasteiger partial charge in [0.1, 0.15) is 6.61 Å².